The van der Waals surface area contributed by atoms with Crippen molar-refractivity contribution < 1.29 is 9.53 Å². The average molecular weight is 328 g/mol. The molecular formula is C18H24N4O2. The predicted octanol–water partition coefficient (Wildman–Crippen LogP) is 2.39. The van der Waals surface area contributed by atoms with Gasteiger partial charge < -0.3 is 14.5 Å². The number of ether oxygens (including phenoxy) is 1. The molecule has 6 heteroatoms. The van der Waals surface area contributed by atoms with Gasteiger partial charge in [-0.25, -0.2) is 0 Å². The SMILES string of the molecule is CCOc1ccccc1C(=O)N1CCN(c2c(C)n[nH]c2C)CC1. The minimum Gasteiger partial charge on any atom is -0.493 e. The lowest BCUT2D eigenvalue weighted by atomic mass is 10.1. The second-order valence-corrected chi connectivity index (χ2v) is 5.99. The van der Waals surface area contributed by atoms with Crippen molar-refractivity contribution in [3.8, 4) is 5.75 Å². The summed E-state index contributed by atoms with van der Waals surface area (Å²) in [5, 5.41) is 7.29. The van der Waals surface area contributed by atoms with Gasteiger partial charge in [-0.15, -0.1) is 0 Å². The van der Waals surface area contributed by atoms with E-state index in [4.69, 9.17) is 4.74 Å². The Kier molecular flexibility index (Phi) is 4.74. The van der Waals surface area contributed by atoms with Crippen molar-refractivity contribution in [1.82, 2.24) is 15.1 Å². The van der Waals surface area contributed by atoms with E-state index in [0.29, 0.717) is 31.0 Å². The number of nitrogens with zero attached hydrogens (tertiary/aromatic N) is 3. The summed E-state index contributed by atoms with van der Waals surface area (Å²) in [4.78, 5) is 17.0. The maximum Gasteiger partial charge on any atom is 0.257 e. The number of hydrogen-bond donors (Lipinski definition) is 1. The number of aromatic amines is 1. The van der Waals surface area contributed by atoms with E-state index in [1.54, 1.807) is 0 Å². The highest BCUT2D eigenvalue weighted by molar-refractivity contribution is 5.97. The molecule has 2 aromatic rings. The van der Waals surface area contributed by atoms with E-state index in [-0.39, 0.29) is 5.91 Å². The highest BCUT2D eigenvalue weighted by atomic mass is 16.5. The molecule has 1 saturated heterocycles. The fraction of sp³-hybridized carbons (Fsp3) is 0.444. The molecule has 1 fully saturated rings. The van der Waals surface area contributed by atoms with Gasteiger partial charge in [0.2, 0.25) is 0 Å². The average Bonchev–Trinajstić information content (AvgIpc) is 2.94. The Morgan fingerprint density at radius 2 is 1.92 bits per heavy atom. The molecule has 0 saturated carbocycles. The Morgan fingerprint density at radius 1 is 1.21 bits per heavy atom. The number of benzene rings is 1. The molecule has 24 heavy (non-hydrogen) atoms. The van der Waals surface area contributed by atoms with Gasteiger partial charge in [0.15, 0.2) is 0 Å². The zero-order chi connectivity index (χ0) is 17.1. The van der Waals surface area contributed by atoms with Gasteiger partial charge >= 0.3 is 0 Å². The molecule has 6 nitrogen and oxygen atoms in total. The standard InChI is InChI=1S/C18H24N4O2/c1-4-24-16-8-6-5-7-15(16)18(23)22-11-9-21(10-12-22)17-13(2)19-20-14(17)3/h5-8H,4,9-12H2,1-3H3,(H,19,20). The largest absolute Gasteiger partial charge is 0.493 e. The lowest BCUT2D eigenvalue weighted by molar-refractivity contribution is 0.0742. The first-order valence-electron chi connectivity index (χ1n) is 8.39. The van der Waals surface area contributed by atoms with Crippen LogP contribution in [-0.2, 0) is 0 Å². The van der Waals surface area contributed by atoms with E-state index in [1.165, 1.54) is 0 Å². The molecule has 3 rings (SSSR count). The van der Waals surface area contributed by atoms with Crippen molar-refractivity contribution in [2.24, 2.45) is 0 Å². The van der Waals surface area contributed by atoms with Gasteiger partial charge in [-0.3, -0.25) is 9.89 Å². The zero-order valence-corrected chi connectivity index (χ0v) is 14.5. The molecule has 1 amide bonds. The van der Waals surface area contributed by atoms with Gasteiger partial charge in [0.25, 0.3) is 5.91 Å². The third-order valence-electron chi connectivity index (χ3n) is 4.39. The number of amides is 1. The molecule has 128 valence electrons. The normalized spacial score (nSPS) is 14.8. The Morgan fingerprint density at radius 3 is 2.54 bits per heavy atom. The number of carbonyl (C=O) groups excluding carboxylic acids is 1. The molecule has 0 spiro atoms. The van der Waals surface area contributed by atoms with E-state index in [9.17, 15) is 4.79 Å². The number of hydrogen-bond acceptors (Lipinski definition) is 4. The van der Waals surface area contributed by atoms with Crippen LogP contribution in [0.5, 0.6) is 5.75 Å². The fourth-order valence-electron chi connectivity index (χ4n) is 3.24. The maximum absolute atomic E-state index is 12.8. The molecule has 1 N–H and O–H groups in total. The second-order valence-electron chi connectivity index (χ2n) is 5.99. The van der Waals surface area contributed by atoms with Gasteiger partial charge in [-0.2, -0.15) is 5.10 Å². The highest BCUT2D eigenvalue weighted by Crippen LogP contribution is 2.25. The number of para-hydroxylation sites is 1. The third-order valence-corrected chi connectivity index (χ3v) is 4.39. The van der Waals surface area contributed by atoms with Crippen LogP contribution in [0.1, 0.15) is 28.7 Å². The Balaban J connectivity index is 1.70. The van der Waals surface area contributed by atoms with Gasteiger partial charge in [0.05, 0.1) is 29.2 Å². The summed E-state index contributed by atoms with van der Waals surface area (Å²) in [6, 6.07) is 7.46. The molecule has 1 aliphatic rings. The van der Waals surface area contributed by atoms with Crippen molar-refractivity contribution in [3.05, 3.63) is 41.2 Å². The van der Waals surface area contributed by atoms with Crippen LogP contribution in [0.2, 0.25) is 0 Å². The number of rotatable bonds is 4. The van der Waals surface area contributed by atoms with Crippen LogP contribution in [0.4, 0.5) is 5.69 Å². The van der Waals surface area contributed by atoms with Gasteiger partial charge in [0, 0.05) is 26.2 Å². The van der Waals surface area contributed by atoms with Crippen molar-refractivity contribution in [1.29, 1.82) is 0 Å². The molecular weight excluding hydrogens is 304 g/mol. The first kappa shape index (κ1) is 16.4. The zero-order valence-electron chi connectivity index (χ0n) is 14.5. The molecule has 1 aromatic carbocycles. The van der Waals surface area contributed by atoms with Crippen molar-refractivity contribution in [2.75, 3.05) is 37.7 Å². The van der Waals surface area contributed by atoms with Crippen molar-refractivity contribution in [3.63, 3.8) is 0 Å². The lowest BCUT2D eigenvalue weighted by Crippen LogP contribution is -2.49. The van der Waals surface area contributed by atoms with E-state index in [0.717, 1.165) is 30.2 Å². The summed E-state index contributed by atoms with van der Waals surface area (Å²) in [5.41, 5.74) is 3.89. The quantitative estimate of drug-likeness (QED) is 0.936. The monoisotopic (exact) mass is 328 g/mol. The number of nitrogens with one attached hydrogen (secondary N) is 1. The first-order chi connectivity index (χ1) is 11.6. The number of aryl methyl sites for hydroxylation is 2. The van der Waals surface area contributed by atoms with Crippen molar-refractivity contribution in [2.45, 2.75) is 20.8 Å². The Hall–Kier alpha value is -2.50. The van der Waals surface area contributed by atoms with E-state index < -0.39 is 0 Å². The summed E-state index contributed by atoms with van der Waals surface area (Å²) < 4.78 is 5.59. The van der Waals surface area contributed by atoms with Gasteiger partial charge in [-0.1, -0.05) is 12.1 Å². The molecule has 1 aliphatic heterocycles. The second kappa shape index (κ2) is 6.95. The maximum atomic E-state index is 12.8. The minimum absolute atomic E-state index is 0.0411. The molecule has 1 aromatic heterocycles. The van der Waals surface area contributed by atoms with Crippen LogP contribution in [0, 0.1) is 13.8 Å². The third kappa shape index (κ3) is 3.09. The summed E-state index contributed by atoms with van der Waals surface area (Å²) in [6.07, 6.45) is 0. The molecule has 0 bridgehead atoms. The summed E-state index contributed by atoms with van der Waals surface area (Å²) in [7, 11) is 0. The topological polar surface area (TPSA) is 61.5 Å². The molecule has 0 aliphatic carbocycles. The van der Waals surface area contributed by atoms with Crippen LogP contribution in [0.25, 0.3) is 0 Å². The molecule has 0 unspecified atom stereocenters. The van der Waals surface area contributed by atoms with Crippen LogP contribution in [0.3, 0.4) is 0 Å². The number of anilines is 1. The minimum atomic E-state index is 0.0411. The Bertz CT molecular complexity index is 698. The lowest BCUT2D eigenvalue weighted by Gasteiger charge is -2.36. The van der Waals surface area contributed by atoms with Gasteiger partial charge in [0.1, 0.15) is 5.75 Å². The predicted molar refractivity (Wildman–Crippen MR) is 93.8 cm³/mol. The summed E-state index contributed by atoms with van der Waals surface area (Å²) in [6.45, 7) is 9.53. The Labute approximate surface area is 142 Å². The number of H-pyrrole nitrogens is 1. The van der Waals surface area contributed by atoms with Crippen molar-refractivity contribution >= 4 is 11.6 Å². The summed E-state index contributed by atoms with van der Waals surface area (Å²) >= 11 is 0. The molecule has 0 atom stereocenters. The van der Waals surface area contributed by atoms with E-state index in [1.807, 2.05) is 49.9 Å². The highest BCUT2D eigenvalue weighted by Gasteiger charge is 2.26. The first-order valence-corrected chi connectivity index (χ1v) is 8.39. The number of piperazine rings is 1. The number of aromatic nitrogens is 2. The van der Waals surface area contributed by atoms with Gasteiger partial charge in [-0.05, 0) is 32.9 Å². The van der Waals surface area contributed by atoms with E-state index in [2.05, 4.69) is 15.1 Å². The molecule has 0 radical (unpaired) electrons. The summed E-state index contributed by atoms with van der Waals surface area (Å²) in [5.74, 6) is 0.702. The van der Waals surface area contributed by atoms with E-state index >= 15 is 0 Å². The van der Waals surface area contributed by atoms with Crippen LogP contribution < -0.4 is 9.64 Å². The fourth-order valence-corrected chi connectivity index (χ4v) is 3.24. The van der Waals surface area contributed by atoms with Crippen LogP contribution in [0.15, 0.2) is 24.3 Å². The number of carbonyl (C=O) groups is 1. The van der Waals surface area contributed by atoms with Crippen LogP contribution in [-0.4, -0.2) is 53.8 Å². The van der Waals surface area contributed by atoms with Crippen LogP contribution >= 0.6 is 0 Å². The molecule has 2 heterocycles. The smallest absolute Gasteiger partial charge is 0.257 e.